The van der Waals surface area contributed by atoms with Gasteiger partial charge >= 0.3 is 0 Å². The lowest BCUT2D eigenvalue weighted by Gasteiger charge is -2.31. The second-order valence-electron chi connectivity index (χ2n) is 7.35. The second kappa shape index (κ2) is 7.48. The summed E-state index contributed by atoms with van der Waals surface area (Å²) in [6.45, 7) is 9.70. The SMILES string of the molecule is CCN1CCCn2nc(C3CCCN(Cc4scnc4C)C3)cc2C1=O. The van der Waals surface area contributed by atoms with Crippen LogP contribution < -0.4 is 0 Å². The highest BCUT2D eigenvalue weighted by Crippen LogP contribution is 2.29. The number of carbonyl (C=O) groups is 1. The maximum atomic E-state index is 12.7. The van der Waals surface area contributed by atoms with Crippen molar-refractivity contribution < 1.29 is 4.79 Å². The Morgan fingerprint density at radius 3 is 2.92 bits per heavy atom. The molecule has 1 unspecified atom stereocenters. The van der Waals surface area contributed by atoms with E-state index in [4.69, 9.17) is 5.10 Å². The Balaban J connectivity index is 1.50. The van der Waals surface area contributed by atoms with Gasteiger partial charge in [0.15, 0.2) is 0 Å². The molecule has 2 aromatic rings. The molecule has 0 saturated carbocycles. The topological polar surface area (TPSA) is 54.3 Å². The molecule has 2 aliphatic heterocycles. The van der Waals surface area contributed by atoms with Gasteiger partial charge in [0.1, 0.15) is 5.69 Å². The van der Waals surface area contributed by atoms with Gasteiger partial charge < -0.3 is 4.90 Å². The number of fused-ring (bicyclic) bond motifs is 1. The first-order chi connectivity index (χ1) is 12.7. The number of carbonyl (C=O) groups excluding carboxylic acids is 1. The van der Waals surface area contributed by atoms with E-state index in [0.717, 1.165) is 69.2 Å². The van der Waals surface area contributed by atoms with Crippen molar-refractivity contribution in [2.75, 3.05) is 26.2 Å². The number of hydrogen-bond acceptors (Lipinski definition) is 5. The molecule has 4 rings (SSSR count). The Morgan fingerprint density at radius 1 is 1.27 bits per heavy atom. The fraction of sp³-hybridized carbons (Fsp3) is 0.632. The molecule has 0 aromatic carbocycles. The number of piperidine rings is 1. The Morgan fingerprint density at radius 2 is 2.15 bits per heavy atom. The van der Waals surface area contributed by atoms with Crippen LogP contribution in [0.2, 0.25) is 0 Å². The van der Waals surface area contributed by atoms with Crippen molar-refractivity contribution in [3.05, 3.63) is 33.5 Å². The molecule has 26 heavy (non-hydrogen) atoms. The number of likely N-dealkylation sites (tertiary alicyclic amines) is 1. The summed E-state index contributed by atoms with van der Waals surface area (Å²) in [5.41, 5.74) is 4.95. The third-order valence-electron chi connectivity index (χ3n) is 5.62. The number of nitrogens with zero attached hydrogens (tertiary/aromatic N) is 5. The van der Waals surface area contributed by atoms with Crippen LogP contribution in [0.3, 0.4) is 0 Å². The first-order valence-corrected chi connectivity index (χ1v) is 10.5. The molecule has 6 nitrogen and oxygen atoms in total. The van der Waals surface area contributed by atoms with Gasteiger partial charge in [0, 0.05) is 43.5 Å². The van der Waals surface area contributed by atoms with E-state index in [1.165, 1.54) is 11.3 Å². The third kappa shape index (κ3) is 3.42. The summed E-state index contributed by atoms with van der Waals surface area (Å²) in [6.07, 6.45) is 3.31. The maximum absolute atomic E-state index is 12.7. The van der Waals surface area contributed by atoms with E-state index in [2.05, 4.69) is 22.9 Å². The van der Waals surface area contributed by atoms with Gasteiger partial charge in [-0.3, -0.25) is 14.4 Å². The van der Waals surface area contributed by atoms with E-state index < -0.39 is 0 Å². The minimum Gasteiger partial charge on any atom is -0.338 e. The van der Waals surface area contributed by atoms with Crippen LogP contribution in [0.15, 0.2) is 11.6 Å². The van der Waals surface area contributed by atoms with Gasteiger partial charge in [-0.05, 0) is 45.7 Å². The van der Waals surface area contributed by atoms with E-state index in [1.54, 1.807) is 11.3 Å². The van der Waals surface area contributed by atoms with Crippen LogP contribution >= 0.6 is 11.3 Å². The lowest BCUT2D eigenvalue weighted by molar-refractivity contribution is 0.0766. The van der Waals surface area contributed by atoms with Gasteiger partial charge in [-0.25, -0.2) is 4.98 Å². The minimum absolute atomic E-state index is 0.136. The molecule has 7 heteroatoms. The summed E-state index contributed by atoms with van der Waals surface area (Å²) < 4.78 is 1.94. The van der Waals surface area contributed by atoms with Crippen LogP contribution in [0, 0.1) is 6.92 Å². The fourth-order valence-electron chi connectivity index (χ4n) is 4.08. The van der Waals surface area contributed by atoms with Crippen LogP contribution in [-0.4, -0.2) is 56.7 Å². The van der Waals surface area contributed by atoms with Gasteiger partial charge in [-0.15, -0.1) is 11.3 Å². The zero-order chi connectivity index (χ0) is 18.1. The summed E-state index contributed by atoms with van der Waals surface area (Å²) in [5.74, 6) is 0.552. The number of aryl methyl sites for hydroxylation is 2. The molecule has 1 atom stereocenters. The van der Waals surface area contributed by atoms with Crippen LogP contribution in [-0.2, 0) is 13.1 Å². The molecule has 0 aliphatic carbocycles. The van der Waals surface area contributed by atoms with Crippen molar-refractivity contribution in [1.29, 1.82) is 0 Å². The van der Waals surface area contributed by atoms with E-state index in [1.807, 2.05) is 22.0 Å². The normalized spacial score (nSPS) is 21.7. The van der Waals surface area contributed by atoms with E-state index in [9.17, 15) is 4.79 Å². The molecule has 0 bridgehead atoms. The molecule has 0 spiro atoms. The van der Waals surface area contributed by atoms with Gasteiger partial charge in [0.25, 0.3) is 5.91 Å². The smallest absolute Gasteiger partial charge is 0.272 e. The van der Waals surface area contributed by atoms with Crippen molar-refractivity contribution in [3.63, 3.8) is 0 Å². The van der Waals surface area contributed by atoms with E-state index >= 15 is 0 Å². The highest BCUT2D eigenvalue weighted by Gasteiger charge is 2.28. The minimum atomic E-state index is 0.136. The number of thiazole rings is 1. The maximum Gasteiger partial charge on any atom is 0.272 e. The van der Waals surface area contributed by atoms with Crippen molar-refractivity contribution in [2.24, 2.45) is 0 Å². The standard InChI is InChI=1S/C19H27N5OS/c1-3-23-8-5-9-24-17(19(23)25)10-16(21-24)15-6-4-7-22(11-15)12-18-14(2)20-13-26-18/h10,13,15H,3-9,11-12H2,1-2H3. The van der Waals surface area contributed by atoms with Crippen LogP contribution in [0.25, 0.3) is 0 Å². The quantitative estimate of drug-likeness (QED) is 0.827. The van der Waals surface area contributed by atoms with Gasteiger partial charge in [0.2, 0.25) is 0 Å². The highest BCUT2D eigenvalue weighted by molar-refractivity contribution is 7.09. The molecular weight excluding hydrogens is 346 g/mol. The predicted molar refractivity (Wildman–Crippen MR) is 103 cm³/mol. The Labute approximate surface area is 158 Å². The molecule has 4 heterocycles. The largest absolute Gasteiger partial charge is 0.338 e. The molecule has 2 aromatic heterocycles. The number of aromatic nitrogens is 3. The van der Waals surface area contributed by atoms with Gasteiger partial charge in [0.05, 0.1) is 16.9 Å². The third-order valence-corrected chi connectivity index (χ3v) is 6.54. The molecule has 140 valence electrons. The molecule has 0 radical (unpaired) electrons. The monoisotopic (exact) mass is 373 g/mol. The zero-order valence-electron chi connectivity index (χ0n) is 15.6. The summed E-state index contributed by atoms with van der Waals surface area (Å²) in [4.78, 5) is 22.9. The van der Waals surface area contributed by atoms with Crippen molar-refractivity contribution in [1.82, 2.24) is 24.6 Å². The van der Waals surface area contributed by atoms with Crippen molar-refractivity contribution >= 4 is 17.2 Å². The second-order valence-corrected chi connectivity index (χ2v) is 8.29. The summed E-state index contributed by atoms with van der Waals surface area (Å²) in [6, 6.07) is 2.06. The van der Waals surface area contributed by atoms with Gasteiger partial charge in [-0.2, -0.15) is 5.10 Å². The Hall–Kier alpha value is -1.73. The molecule has 2 aliphatic rings. The summed E-state index contributed by atoms with van der Waals surface area (Å²) in [7, 11) is 0. The first-order valence-electron chi connectivity index (χ1n) is 9.64. The van der Waals surface area contributed by atoms with E-state index in [-0.39, 0.29) is 5.91 Å². The molecule has 1 amide bonds. The fourth-order valence-corrected chi connectivity index (χ4v) is 4.90. The molecule has 1 saturated heterocycles. The average molecular weight is 374 g/mol. The molecular formula is C19H27N5OS. The van der Waals surface area contributed by atoms with E-state index in [0.29, 0.717) is 5.92 Å². The highest BCUT2D eigenvalue weighted by atomic mass is 32.1. The lowest BCUT2D eigenvalue weighted by atomic mass is 9.94. The summed E-state index contributed by atoms with van der Waals surface area (Å²) in [5, 5.41) is 4.84. The Bertz CT molecular complexity index is 783. The lowest BCUT2D eigenvalue weighted by Crippen LogP contribution is -2.34. The van der Waals surface area contributed by atoms with Crippen LogP contribution in [0.1, 0.15) is 58.9 Å². The van der Waals surface area contributed by atoms with Crippen LogP contribution in [0.4, 0.5) is 0 Å². The van der Waals surface area contributed by atoms with Crippen molar-refractivity contribution in [3.8, 4) is 0 Å². The Kier molecular flexibility index (Phi) is 5.09. The first kappa shape index (κ1) is 17.7. The predicted octanol–water partition coefficient (Wildman–Crippen LogP) is 2.89. The number of amides is 1. The molecule has 1 fully saturated rings. The average Bonchev–Trinajstić information content (AvgIpc) is 3.22. The number of rotatable bonds is 4. The number of hydrogen-bond donors (Lipinski definition) is 0. The van der Waals surface area contributed by atoms with Crippen LogP contribution in [0.5, 0.6) is 0 Å². The zero-order valence-corrected chi connectivity index (χ0v) is 16.5. The summed E-state index contributed by atoms with van der Waals surface area (Å²) >= 11 is 1.74. The van der Waals surface area contributed by atoms with Crippen molar-refractivity contribution in [2.45, 2.75) is 52.1 Å². The van der Waals surface area contributed by atoms with Gasteiger partial charge in [-0.1, -0.05) is 0 Å². The molecule has 0 N–H and O–H groups in total.